The highest BCUT2D eigenvalue weighted by Gasteiger charge is 2.31. The summed E-state index contributed by atoms with van der Waals surface area (Å²) in [6, 6.07) is 16.0. The lowest BCUT2D eigenvalue weighted by Gasteiger charge is -2.37. The van der Waals surface area contributed by atoms with Crippen LogP contribution in [0.2, 0.25) is 0 Å². The van der Waals surface area contributed by atoms with Crippen molar-refractivity contribution in [1.82, 2.24) is 19.7 Å². The molecule has 7 heteroatoms. The molecule has 2 aromatic carbocycles. The first-order chi connectivity index (χ1) is 15.6. The van der Waals surface area contributed by atoms with Crippen molar-refractivity contribution in [3.63, 3.8) is 0 Å². The van der Waals surface area contributed by atoms with Gasteiger partial charge in [0.2, 0.25) is 11.8 Å². The molecular weight excluding hydrogens is 420 g/mol. The van der Waals surface area contributed by atoms with Crippen LogP contribution in [0.4, 0.5) is 0 Å². The van der Waals surface area contributed by atoms with Gasteiger partial charge in [-0.3, -0.25) is 14.5 Å². The van der Waals surface area contributed by atoms with Crippen LogP contribution in [0.5, 0.6) is 0 Å². The number of rotatable bonds is 4. The normalized spacial score (nSPS) is 18.7. The zero-order chi connectivity index (χ0) is 22.1. The number of carbonyl (C=O) groups excluding carboxylic acids is 2. The molecule has 2 aliphatic rings. The van der Waals surface area contributed by atoms with Gasteiger partial charge >= 0.3 is 0 Å². The summed E-state index contributed by atoms with van der Waals surface area (Å²) in [5.74, 6) is 0.0557. The van der Waals surface area contributed by atoms with E-state index in [0.717, 1.165) is 41.3 Å². The van der Waals surface area contributed by atoms with Crippen molar-refractivity contribution < 1.29 is 9.59 Å². The van der Waals surface area contributed by atoms with E-state index in [1.807, 2.05) is 47.4 Å². The maximum Gasteiger partial charge on any atom is 0.225 e. The third-order valence-corrected chi connectivity index (χ3v) is 7.28. The lowest BCUT2D eigenvalue weighted by Crippen LogP contribution is -2.49. The lowest BCUT2D eigenvalue weighted by atomic mass is 9.93. The van der Waals surface area contributed by atoms with E-state index in [1.165, 1.54) is 4.70 Å². The second-order valence-electron chi connectivity index (χ2n) is 8.32. The number of thiazole rings is 1. The molecular formula is C25H26N4O2S. The average Bonchev–Trinajstić information content (AvgIpc) is 3.22. The fraction of sp³-hybridized carbons (Fsp3) is 0.320. The van der Waals surface area contributed by atoms with E-state index in [1.54, 1.807) is 29.4 Å². The summed E-state index contributed by atoms with van der Waals surface area (Å²) in [4.78, 5) is 36.1. The van der Waals surface area contributed by atoms with E-state index in [2.05, 4.69) is 17.0 Å². The van der Waals surface area contributed by atoms with Crippen LogP contribution in [-0.4, -0.2) is 57.7 Å². The molecule has 0 unspecified atom stereocenters. The Morgan fingerprint density at radius 2 is 1.78 bits per heavy atom. The first kappa shape index (κ1) is 20.8. The molecule has 1 fully saturated rings. The Morgan fingerprint density at radius 3 is 2.56 bits per heavy atom. The van der Waals surface area contributed by atoms with Gasteiger partial charge < -0.3 is 9.80 Å². The zero-order valence-electron chi connectivity index (χ0n) is 18.1. The number of fused-ring (bicyclic) bond motifs is 2. The van der Waals surface area contributed by atoms with Gasteiger partial charge in [-0.15, -0.1) is 11.3 Å². The van der Waals surface area contributed by atoms with Crippen molar-refractivity contribution in [1.29, 1.82) is 0 Å². The first-order valence-electron chi connectivity index (χ1n) is 11.0. The number of piperazine rings is 1. The van der Waals surface area contributed by atoms with E-state index in [9.17, 15) is 9.59 Å². The van der Waals surface area contributed by atoms with Crippen LogP contribution < -0.4 is 0 Å². The molecule has 0 spiro atoms. The molecule has 1 saturated heterocycles. The number of para-hydroxylation sites is 1. The van der Waals surface area contributed by atoms with Crippen LogP contribution in [0, 0.1) is 0 Å². The molecule has 6 nitrogen and oxygen atoms in total. The molecule has 2 amide bonds. The van der Waals surface area contributed by atoms with Gasteiger partial charge in [-0.2, -0.15) is 0 Å². The first-order valence-corrected chi connectivity index (χ1v) is 11.8. The van der Waals surface area contributed by atoms with E-state index < -0.39 is 0 Å². The topological polar surface area (TPSA) is 56.8 Å². The number of nitrogens with zero attached hydrogens (tertiary/aromatic N) is 4. The highest BCUT2D eigenvalue weighted by molar-refractivity contribution is 7.18. The van der Waals surface area contributed by atoms with Crippen molar-refractivity contribution in [3.8, 4) is 0 Å². The number of hydrogen-bond acceptors (Lipinski definition) is 5. The second-order valence-corrected chi connectivity index (χ2v) is 9.44. The minimum Gasteiger partial charge on any atom is -0.340 e. The predicted octanol–water partition coefficient (Wildman–Crippen LogP) is 3.90. The maximum absolute atomic E-state index is 13.2. The van der Waals surface area contributed by atoms with Gasteiger partial charge in [-0.25, -0.2) is 4.98 Å². The van der Waals surface area contributed by atoms with Gasteiger partial charge in [0.15, 0.2) is 0 Å². The van der Waals surface area contributed by atoms with Gasteiger partial charge in [0.05, 0.1) is 29.2 Å². The van der Waals surface area contributed by atoms with E-state index in [0.29, 0.717) is 19.5 Å². The third-order valence-electron chi connectivity index (χ3n) is 6.26. The van der Waals surface area contributed by atoms with Crippen LogP contribution in [0.25, 0.3) is 16.3 Å². The van der Waals surface area contributed by atoms with Crippen molar-refractivity contribution >= 4 is 39.4 Å². The van der Waals surface area contributed by atoms with Gasteiger partial charge in [0.25, 0.3) is 0 Å². The van der Waals surface area contributed by atoms with E-state index in [4.69, 9.17) is 4.98 Å². The number of amides is 2. The quantitative estimate of drug-likeness (QED) is 0.610. The van der Waals surface area contributed by atoms with Gasteiger partial charge in [-0.1, -0.05) is 36.4 Å². The maximum atomic E-state index is 13.2. The molecule has 32 heavy (non-hydrogen) atoms. The van der Waals surface area contributed by atoms with Gasteiger partial charge in [-0.05, 0) is 29.3 Å². The standard InChI is InChI=1S/C25H26N4O2S/c1-18(30)29-11-10-19-6-2-3-7-20(19)22(29)16-25(31)28-14-12-27(13-15-28)17-24-26-21-8-4-5-9-23(21)32-24/h2-11,22H,12-17H2,1H3/t22-/m0/s1. The van der Waals surface area contributed by atoms with E-state index in [-0.39, 0.29) is 17.9 Å². The molecule has 1 aromatic heterocycles. The number of carbonyl (C=O) groups is 2. The van der Waals surface area contributed by atoms with E-state index >= 15 is 0 Å². The van der Waals surface area contributed by atoms with Crippen molar-refractivity contribution in [2.24, 2.45) is 0 Å². The summed E-state index contributed by atoms with van der Waals surface area (Å²) >= 11 is 1.74. The summed E-state index contributed by atoms with van der Waals surface area (Å²) in [6.45, 7) is 5.44. The predicted molar refractivity (Wildman–Crippen MR) is 127 cm³/mol. The molecule has 3 heterocycles. The molecule has 2 aliphatic heterocycles. The minimum absolute atomic E-state index is 0.0470. The smallest absolute Gasteiger partial charge is 0.225 e. The fourth-order valence-electron chi connectivity index (χ4n) is 4.54. The average molecular weight is 447 g/mol. The zero-order valence-corrected chi connectivity index (χ0v) is 18.9. The van der Waals surface area contributed by atoms with Crippen LogP contribution >= 0.6 is 11.3 Å². The SMILES string of the molecule is CC(=O)N1C=Cc2ccccc2[C@@H]1CC(=O)N1CCN(Cc2nc3ccccc3s2)CC1. The summed E-state index contributed by atoms with van der Waals surface area (Å²) in [6.07, 6.45) is 4.05. The number of aromatic nitrogens is 1. The monoisotopic (exact) mass is 446 g/mol. The highest BCUT2D eigenvalue weighted by atomic mass is 32.1. The Hall–Kier alpha value is -3.03. The van der Waals surface area contributed by atoms with Crippen LogP contribution in [0.3, 0.4) is 0 Å². The van der Waals surface area contributed by atoms with Crippen molar-refractivity contribution in [2.75, 3.05) is 26.2 Å². The van der Waals surface area contributed by atoms with Crippen molar-refractivity contribution in [2.45, 2.75) is 25.9 Å². The number of benzene rings is 2. The molecule has 5 rings (SSSR count). The molecule has 0 radical (unpaired) electrons. The van der Waals surface area contributed by atoms with Gasteiger partial charge in [0.1, 0.15) is 5.01 Å². The summed E-state index contributed by atoms with van der Waals surface area (Å²) < 4.78 is 1.22. The molecule has 0 aliphatic carbocycles. The van der Waals surface area contributed by atoms with Crippen LogP contribution in [0.15, 0.2) is 54.7 Å². The lowest BCUT2D eigenvalue weighted by molar-refractivity contribution is -0.136. The minimum atomic E-state index is -0.248. The van der Waals surface area contributed by atoms with Crippen LogP contribution in [0.1, 0.15) is 35.5 Å². The molecule has 3 aromatic rings. The summed E-state index contributed by atoms with van der Waals surface area (Å²) in [5.41, 5.74) is 3.16. The highest BCUT2D eigenvalue weighted by Crippen LogP contribution is 2.33. The van der Waals surface area contributed by atoms with Crippen molar-refractivity contribution in [3.05, 3.63) is 70.9 Å². The molecule has 0 N–H and O–H groups in total. The Morgan fingerprint density at radius 1 is 1.03 bits per heavy atom. The Kier molecular flexibility index (Phi) is 5.76. The molecule has 1 atom stereocenters. The fourth-order valence-corrected chi connectivity index (χ4v) is 5.55. The second kappa shape index (κ2) is 8.84. The summed E-state index contributed by atoms with van der Waals surface area (Å²) in [7, 11) is 0. The Bertz CT molecular complexity index is 1150. The molecule has 0 saturated carbocycles. The molecule has 0 bridgehead atoms. The Labute approximate surface area is 191 Å². The number of hydrogen-bond donors (Lipinski definition) is 0. The van der Waals surface area contributed by atoms with Gasteiger partial charge in [0, 0.05) is 39.3 Å². The summed E-state index contributed by atoms with van der Waals surface area (Å²) in [5, 5.41) is 1.12. The largest absolute Gasteiger partial charge is 0.340 e. The molecule has 164 valence electrons. The Balaban J connectivity index is 1.21. The third kappa shape index (κ3) is 4.18. The van der Waals surface area contributed by atoms with Crippen LogP contribution in [-0.2, 0) is 16.1 Å².